The van der Waals surface area contributed by atoms with E-state index in [0.717, 1.165) is 15.8 Å². The van der Waals surface area contributed by atoms with Gasteiger partial charge in [-0.25, -0.2) is 9.78 Å². The molecule has 0 spiro atoms. The molecule has 3 aromatic rings. The molecule has 0 amide bonds. The highest BCUT2D eigenvalue weighted by atomic mass is 35.5. The molecule has 128 valence electrons. The number of rotatable bonds is 6. The van der Waals surface area contributed by atoms with E-state index in [9.17, 15) is 4.79 Å². The number of halogens is 1. The average molecular weight is 374 g/mol. The molecule has 1 heterocycles. The van der Waals surface area contributed by atoms with Crippen LogP contribution in [0.1, 0.15) is 5.56 Å². The average Bonchev–Trinajstić information content (AvgIpc) is 2.65. The number of esters is 1. The minimum atomic E-state index is -0.460. The Morgan fingerprint density at radius 1 is 1.16 bits per heavy atom. The predicted octanol–water partition coefficient (Wildman–Crippen LogP) is 4.73. The lowest BCUT2D eigenvalue weighted by Gasteiger charge is -2.09. The normalized spacial score (nSPS) is 10.6. The van der Waals surface area contributed by atoms with E-state index in [-0.39, 0.29) is 13.2 Å². The molecule has 4 nitrogen and oxygen atoms in total. The van der Waals surface area contributed by atoms with Crippen molar-refractivity contribution in [1.29, 1.82) is 0 Å². The fraction of sp³-hybridized carbons (Fsp3) is 0.158. The molecule has 0 aliphatic carbocycles. The number of nitrogens with zero attached hydrogens (tertiary/aromatic N) is 1. The lowest BCUT2D eigenvalue weighted by atomic mass is 10.2. The Kier molecular flexibility index (Phi) is 5.79. The Balaban J connectivity index is 1.62. The summed E-state index contributed by atoms with van der Waals surface area (Å²) in [7, 11) is 0. The van der Waals surface area contributed by atoms with Crippen LogP contribution in [-0.4, -0.2) is 23.8 Å². The molecule has 0 bridgehead atoms. The predicted molar refractivity (Wildman–Crippen MR) is 100 cm³/mol. The van der Waals surface area contributed by atoms with Crippen molar-refractivity contribution < 1.29 is 14.3 Å². The molecular weight excluding hydrogens is 358 g/mol. The van der Waals surface area contributed by atoms with Crippen molar-refractivity contribution in [2.45, 2.75) is 11.5 Å². The maximum atomic E-state index is 11.8. The Morgan fingerprint density at radius 2 is 1.96 bits per heavy atom. The van der Waals surface area contributed by atoms with Gasteiger partial charge in [-0.1, -0.05) is 35.9 Å². The van der Waals surface area contributed by atoms with E-state index in [1.165, 1.54) is 0 Å². The molecule has 1 aromatic heterocycles. The van der Waals surface area contributed by atoms with Gasteiger partial charge >= 0.3 is 5.97 Å². The van der Waals surface area contributed by atoms with Crippen molar-refractivity contribution in [1.82, 2.24) is 4.98 Å². The number of ether oxygens (including phenoxy) is 2. The van der Waals surface area contributed by atoms with Gasteiger partial charge in [0, 0.05) is 15.8 Å². The van der Waals surface area contributed by atoms with Crippen LogP contribution in [0.3, 0.4) is 0 Å². The summed E-state index contributed by atoms with van der Waals surface area (Å²) in [6, 6.07) is 17.0. The van der Waals surface area contributed by atoms with E-state index in [2.05, 4.69) is 4.98 Å². The van der Waals surface area contributed by atoms with Crippen molar-refractivity contribution in [3.8, 4) is 5.75 Å². The van der Waals surface area contributed by atoms with Gasteiger partial charge in [-0.15, -0.1) is 11.8 Å². The van der Waals surface area contributed by atoms with E-state index in [4.69, 9.17) is 21.1 Å². The summed E-state index contributed by atoms with van der Waals surface area (Å²) in [6.45, 7) is -0.0945. The molecule has 0 atom stereocenters. The second kappa shape index (κ2) is 8.23. The highest BCUT2D eigenvalue weighted by Crippen LogP contribution is 2.25. The zero-order valence-corrected chi connectivity index (χ0v) is 15.1. The van der Waals surface area contributed by atoms with Gasteiger partial charge in [-0.05, 0) is 36.6 Å². The molecule has 0 unspecified atom stereocenters. The molecule has 3 rings (SSSR count). The van der Waals surface area contributed by atoms with Gasteiger partial charge in [0.2, 0.25) is 0 Å². The molecule has 0 aliphatic heterocycles. The number of hydrogen-bond donors (Lipinski definition) is 0. The monoisotopic (exact) mass is 373 g/mol. The van der Waals surface area contributed by atoms with E-state index in [1.807, 2.05) is 48.7 Å². The maximum absolute atomic E-state index is 11.8. The van der Waals surface area contributed by atoms with Crippen LogP contribution in [0.2, 0.25) is 5.15 Å². The van der Waals surface area contributed by atoms with Crippen LogP contribution in [0.25, 0.3) is 10.9 Å². The number of thioether (sulfide) groups is 1. The van der Waals surface area contributed by atoms with Gasteiger partial charge < -0.3 is 9.47 Å². The van der Waals surface area contributed by atoms with Crippen LogP contribution in [0.4, 0.5) is 0 Å². The Bertz CT molecular complexity index is 886. The summed E-state index contributed by atoms with van der Waals surface area (Å²) in [4.78, 5) is 17.3. The number of aromatic nitrogens is 1. The molecule has 0 saturated carbocycles. The van der Waals surface area contributed by atoms with Crippen molar-refractivity contribution in [2.75, 3.05) is 12.9 Å². The summed E-state index contributed by atoms with van der Waals surface area (Å²) >= 11 is 7.86. The molecular formula is C19H16ClNO3S. The smallest absolute Gasteiger partial charge is 0.344 e. The highest BCUT2D eigenvalue weighted by Gasteiger charge is 2.10. The first kappa shape index (κ1) is 17.6. The number of para-hydroxylation sites is 1. The second-order valence-electron chi connectivity index (χ2n) is 5.26. The molecule has 0 fully saturated rings. The summed E-state index contributed by atoms with van der Waals surface area (Å²) in [5.74, 6) is 0.159. The number of pyridine rings is 1. The lowest BCUT2D eigenvalue weighted by Crippen LogP contribution is -2.15. The second-order valence-corrected chi connectivity index (χ2v) is 6.50. The van der Waals surface area contributed by atoms with Crippen LogP contribution in [-0.2, 0) is 16.1 Å². The fourth-order valence-electron chi connectivity index (χ4n) is 2.25. The molecule has 6 heteroatoms. The molecule has 0 N–H and O–H groups in total. The van der Waals surface area contributed by atoms with Gasteiger partial charge in [-0.2, -0.15) is 0 Å². The van der Waals surface area contributed by atoms with E-state index >= 15 is 0 Å². The molecule has 0 aliphatic rings. The Labute approximate surface area is 155 Å². The first-order valence-electron chi connectivity index (χ1n) is 7.62. The third kappa shape index (κ3) is 4.65. The zero-order chi connectivity index (χ0) is 17.6. The quantitative estimate of drug-likeness (QED) is 0.355. The molecule has 0 radical (unpaired) electrons. The minimum absolute atomic E-state index is 0.0586. The number of hydrogen-bond acceptors (Lipinski definition) is 5. The zero-order valence-electron chi connectivity index (χ0n) is 13.6. The van der Waals surface area contributed by atoms with Crippen molar-refractivity contribution >= 4 is 40.2 Å². The topological polar surface area (TPSA) is 48.4 Å². The molecule has 2 aromatic carbocycles. The first-order valence-corrected chi connectivity index (χ1v) is 9.22. The van der Waals surface area contributed by atoms with Crippen LogP contribution < -0.4 is 4.74 Å². The molecule has 25 heavy (non-hydrogen) atoms. The summed E-state index contributed by atoms with van der Waals surface area (Å²) in [5, 5.41) is 1.29. The summed E-state index contributed by atoms with van der Waals surface area (Å²) in [5.41, 5.74) is 1.48. The van der Waals surface area contributed by atoms with Gasteiger partial charge in [0.1, 0.15) is 17.5 Å². The van der Waals surface area contributed by atoms with Crippen LogP contribution >= 0.6 is 23.4 Å². The number of fused-ring (bicyclic) bond motifs is 1. The largest absolute Gasteiger partial charge is 0.482 e. The van der Waals surface area contributed by atoms with Gasteiger partial charge in [-0.3, -0.25) is 0 Å². The van der Waals surface area contributed by atoms with Crippen LogP contribution in [0.15, 0.2) is 59.5 Å². The lowest BCUT2D eigenvalue weighted by molar-refractivity contribution is -0.147. The SMILES string of the molecule is CSc1ccc2cc(COC(=O)COc3ccccc3)c(Cl)nc2c1. The standard InChI is InChI=1S/C19H16ClNO3S/c1-25-16-8-7-13-9-14(19(20)21-17(13)10-16)11-24-18(22)12-23-15-5-3-2-4-6-15/h2-10H,11-12H2,1H3. The number of carbonyl (C=O) groups is 1. The summed E-state index contributed by atoms with van der Waals surface area (Å²) in [6.07, 6.45) is 2.01. The fourth-order valence-corrected chi connectivity index (χ4v) is 2.89. The van der Waals surface area contributed by atoms with Crippen molar-refractivity contribution in [2.24, 2.45) is 0 Å². The Morgan fingerprint density at radius 3 is 2.72 bits per heavy atom. The van der Waals surface area contributed by atoms with Gasteiger partial charge in [0.15, 0.2) is 6.61 Å². The van der Waals surface area contributed by atoms with E-state index in [0.29, 0.717) is 16.5 Å². The van der Waals surface area contributed by atoms with Crippen molar-refractivity contribution in [3.05, 3.63) is 65.3 Å². The molecule has 0 saturated heterocycles. The highest BCUT2D eigenvalue weighted by molar-refractivity contribution is 7.98. The van der Waals surface area contributed by atoms with E-state index in [1.54, 1.807) is 23.9 Å². The first-order chi connectivity index (χ1) is 12.2. The third-order valence-electron chi connectivity index (χ3n) is 3.54. The van der Waals surface area contributed by atoms with Crippen LogP contribution in [0, 0.1) is 0 Å². The Hall–Kier alpha value is -2.24. The third-order valence-corrected chi connectivity index (χ3v) is 4.59. The minimum Gasteiger partial charge on any atom is -0.482 e. The van der Waals surface area contributed by atoms with Crippen molar-refractivity contribution in [3.63, 3.8) is 0 Å². The summed E-state index contributed by atoms with van der Waals surface area (Å²) < 4.78 is 10.6. The number of benzene rings is 2. The van der Waals surface area contributed by atoms with E-state index < -0.39 is 5.97 Å². The number of carbonyl (C=O) groups excluding carboxylic acids is 1. The maximum Gasteiger partial charge on any atom is 0.344 e. The van der Waals surface area contributed by atoms with Crippen LogP contribution in [0.5, 0.6) is 5.75 Å². The van der Waals surface area contributed by atoms with Gasteiger partial charge in [0.05, 0.1) is 5.52 Å². The van der Waals surface area contributed by atoms with Gasteiger partial charge in [0.25, 0.3) is 0 Å².